The molecule has 3 aromatic rings. The SMILES string of the molecule is COc1cc(C)cc(C)c1-c1ncc2ccccn12. The molecule has 0 saturated carbocycles. The van der Waals surface area contributed by atoms with Gasteiger partial charge >= 0.3 is 0 Å². The molecule has 0 unspecified atom stereocenters. The number of aryl methyl sites for hydroxylation is 2. The summed E-state index contributed by atoms with van der Waals surface area (Å²) in [7, 11) is 1.70. The van der Waals surface area contributed by atoms with Gasteiger partial charge < -0.3 is 4.74 Å². The molecule has 96 valence electrons. The molecule has 0 N–H and O–H groups in total. The summed E-state index contributed by atoms with van der Waals surface area (Å²) in [6.45, 7) is 4.16. The van der Waals surface area contributed by atoms with Gasteiger partial charge in [0.15, 0.2) is 0 Å². The molecule has 0 bridgehead atoms. The highest BCUT2D eigenvalue weighted by atomic mass is 16.5. The van der Waals surface area contributed by atoms with E-state index < -0.39 is 0 Å². The van der Waals surface area contributed by atoms with Crippen LogP contribution in [0.3, 0.4) is 0 Å². The third-order valence-corrected chi connectivity index (χ3v) is 3.33. The first-order valence-electron chi connectivity index (χ1n) is 6.28. The van der Waals surface area contributed by atoms with Crippen LogP contribution >= 0.6 is 0 Å². The highest BCUT2D eigenvalue weighted by Crippen LogP contribution is 2.33. The Labute approximate surface area is 112 Å². The van der Waals surface area contributed by atoms with Gasteiger partial charge in [-0.15, -0.1) is 0 Å². The number of hydrogen-bond donors (Lipinski definition) is 0. The van der Waals surface area contributed by atoms with Crippen LogP contribution in [0, 0.1) is 13.8 Å². The van der Waals surface area contributed by atoms with Crippen molar-refractivity contribution in [3.8, 4) is 17.1 Å². The molecule has 3 rings (SSSR count). The zero-order valence-corrected chi connectivity index (χ0v) is 11.3. The monoisotopic (exact) mass is 252 g/mol. The Morgan fingerprint density at radius 3 is 2.79 bits per heavy atom. The summed E-state index contributed by atoms with van der Waals surface area (Å²) in [5.74, 6) is 1.79. The maximum absolute atomic E-state index is 5.53. The van der Waals surface area contributed by atoms with Crippen LogP contribution in [0.2, 0.25) is 0 Å². The predicted molar refractivity (Wildman–Crippen MR) is 76.7 cm³/mol. The second-order valence-corrected chi connectivity index (χ2v) is 4.74. The van der Waals surface area contributed by atoms with Crippen molar-refractivity contribution in [2.75, 3.05) is 7.11 Å². The van der Waals surface area contributed by atoms with Crippen molar-refractivity contribution in [2.45, 2.75) is 13.8 Å². The van der Waals surface area contributed by atoms with Gasteiger partial charge in [0, 0.05) is 6.20 Å². The van der Waals surface area contributed by atoms with E-state index in [9.17, 15) is 0 Å². The number of hydrogen-bond acceptors (Lipinski definition) is 2. The molecule has 3 nitrogen and oxygen atoms in total. The Hall–Kier alpha value is -2.29. The molecule has 0 atom stereocenters. The maximum Gasteiger partial charge on any atom is 0.148 e. The number of imidazole rings is 1. The average molecular weight is 252 g/mol. The normalized spacial score (nSPS) is 10.9. The summed E-state index contributed by atoms with van der Waals surface area (Å²) in [4.78, 5) is 4.55. The van der Waals surface area contributed by atoms with E-state index in [1.54, 1.807) is 7.11 Å². The van der Waals surface area contributed by atoms with Crippen LogP contribution in [0.15, 0.2) is 42.7 Å². The lowest BCUT2D eigenvalue weighted by Gasteiger charge is -2.12. The zero-order valence-electron chi connectivity index (χ0n) is 11.3. The molecule has 2 aromatic heterocycles. The number of methoxy groups -OCH3 is 1. The van der Waals surface area contributed by atoms with Gasteiger partial charge in [0.1, 0.15) is 11.6 Å². The zero-order chi connectivity index (χ0) is 13.4. The van der Waals surface area contributed by atoms with E-state index in [1.807, 2.05) is 36.7 Å². The fourth-order valence-electron chi connectivity index (χ4n) is 2.51. The minimum absolute atomic E-state index is 0.869. The van der Waals surface area contributed by atoms with Crippen LogP contribution in [0.25, 0.3) is 16.9 Å². The molecule has 3 heteroatoms. The van der Waals surface area contributed by atoms with Crippen molar-refractivity contribution < 1.29 is 4.74 Å². The van der Waals surface area contributed by atoms with Crippen LogP contribution in [0.5, 0.6) is 5.75 Å². The molecule has 0 radical (unpaired) electrons. The molecule has 19 heavy (non-hydrogen) atoms. The smallest absolute Gasteiger partial charge is 0.148 e. The van der Waals surface area contributed by atoms with E-state index in [1.165, 1.54) is 11.1 Å². The molecule has 2 heterocycles. The largest absolute Gasteiger partial charge is 0.496 e. The van der Waals surface area contributed by atoms with Crippen LogP contribution in [-0.2, 0) is 0 Å². The first kappa shape index (κ1) is 11.8. The predicted octanol–water partition coefficient (Wildman–Crippen LogP) is 3.63. The molecule has 1 aromatic carbocycles. The standard InChI is InChI=1S/C16H16N2O/c1-11-8-12(2)15(14(9-11)19-3)16-17-10-13-6-4-5-7-18(13)16/h4-10H,1-3H3. The van der Waals surface area contributed by atoms with Crippen LogP contribution in [0.1, 0.15) is 11.1 Å². The van der Waals surface area contributed by atoms with Gasteiger partial charge in [0.25, 0.3) is 0 Å². The molecule has 0 amide bonds. The molecular weight excluding hydrogens is 236 g/mol. The number of fused-ring (bicyclic) bond motifs is 1. The second kappa shape index (κ2) is 4.43. The highest BCUT2D eigenvalue weighted by Gasteiger charge is 2.14. The summed E-state index contributed by atoms with van der Waals surface area (Å²) in [6, 6.07) is 10.3. The summed E-state index contributed by atoms with van der Waals surface area (Å²) in [6.07, 6.45) is 3.91. The molecule has 0 spiro atoms. The van der Waals surface area contributed by atoms with Crippen molar-refractivity contribution in [1.82, 2.24) is 9.38 Å². The highest BCUT2D eigenvalue weighted by molar-refractivity contribution is 5.72. The first-order valence-corrected chi connectivity index (χ1v) is 6.28. The van der Waals surface area contributed by atoms with Gasteiger partial charge in [0.05, 0.1) is 24.4 Å². The second-order valence-electron chi connectivity index (χ2n) is 4.74. The van der Waals surface area contributed by atoms with Crippen LogP contribution < -0.4 is 4.74 Å². The summed E-state index contributed by atoms with van der Waals surface area (Å²) in [5, 5.41) is 0. The van der Waals surface area contributed by atoms with Gasteiger partial charge in [-0.1, -0.05) is 12.1 Å². The number of aromatic nitrogens is 2. The lowest BCUT2D eigenvalue weighted by atomic mass is 10.0. The Bertz CT molecular complexity index is 744. The van der Waals surface area contributed by atoms with E-state index >= 15 is 0 Å². The van der Waals surface area contributed by atoms with E-state index in [-0.39, 0.29) is 0 Å². The third kappa shape index (κ3) is 1.87. The van der Waals surface area contributed by atoms with E-state index in [0.717, 1.165) is 22.7 Å². The van der Waals surface area contributed by atoms with Crippen molar-refractivity contribution in [3.63, 3.8) is 0 Å². The topological polar surface area (TPSA) is 26.5 Å². The maximum atomic E-state index is 5.53. The van der Waals surface area contributed by atoms with Gasteiger partial charge in [-0.05, 0) is 43.2 Å². The number of benzene rings is 1. The van der Waals surface area contributed by atoms with Gasteiger partial charge in [0.2, 0.25) is 0 Å². The molecule has 0 aliphatic carbocycles. The van der Waals surface area contributed by atoms with E-state index in [0.29, 0.717) is 0 Å². The van der Waals surface area contributed by atoms with Gasteiger partial charge in [-0.25, -0.2) is 4.98 Å². The number of pyridine rings is 1. The lowest BCUT2D eigenvalue weighted by molar-refractivity contribution is 0.415. The summed E-state index contributed by atoms with van der Waals surface area (Å²) in [5.41, 5.74) is 4.51. The molecule has 0 saturated heterocycles. The van der Waals surface area contributed by atoms with Crippen LogP contribution in [-0.4, -0.2) is 16.5 Å². The Balaban J connectivity index is 2.33. The fraction of sp³-hybridized carbons (Fsp3) is 0.188. The molecular formula is C16H16N2O. The summed E-state index contributed by atoms with van der Waals surface area (Å²) >= 11 is 0. The first-order chi connectivity index (χ1) is 9.20. The molecule has 0 aliphatic heterocycles. The minimum Gasteiger partial charge on any atom is -0.496 e. The molecule has 0 fully saturated rings. The van der Waals surface area contributed by atoms with E-state index in [2.05, 4.69) is 29.3 Å². The number of rotatable bonds is 2. The average Bonchev–Trinajstić information content (AvgIpc) is 2.81. The Morgan fingerprint density at radius 2 is 2.00 bits per heavy atom. The van der Waals surface area contributed by atoms with Crippen molar-refractivity contribution in [2.24, 2.45) is 0 Å². The fourth-order valence-corrected chi connectivity index (χ4v) is 2.51. The number of ether oxygens (including phenoxy) is 1. The molecule has 0 aliphatic rings. The Kier molecular flexibility index (Phi) is 2.75. The Morgan fingerprint density at radius 1 is 1.16 bits per heavy atom. The van der Waals surface area contributed by atoms with Crippen molar-refractivity contribution in [3.05, 3.63) is 53.9 Å². The number of nitrogens with zero attached hydrogens (tertiary/aromatic N) is 2. The van der Waals surface area contributed by atoms with Gasteiger partial charge in [-0.2, -0.15) is 0 Å². The van der Waals surface area contributed by atoms with Gasteiger partial charge in [-0.3, -0.25) is 4.40 Å². The summed E-state index contributed by atoms with van der Waals surface area (Å²) < 4.78 is 7.61. The van der Waals surface area contributed by atoms with Crippen LogP contribution in [0.4, 0.5) is 0 Å². The minimum atomic E-state index is 0.869. The van der Waals surface area contributed by atoms with Crippen molar-refractivity contribution >= 4 is 5.52 Å². The van der Waals surface area contributed by atoms with Crippen molar-refractivity contribution in [1.29, 1.82) is 0 Å². The van der Waals surface area contributed by atoms with E-state index in [4.69, 9.17) is 4.74 Å². The quantitative estimate of drug-likeness (QED) is 0.696. The lowest BCUT2D eigenvalue weighted by Crippen LogP contribution is -1.96. The third-order valence-electron chi connectivity index (χ3n) is 3.33.